The first-order valence-corrected chi connectivity index (χ1v) is 11.1. The van der Waals surface area contributed by atoms with E-state index in [4.69, 9.17) is 28.2 Å². The summed E-state index contributed by atoms with van der Waals surface area (Å²) in [6.07, 6.45) is 0. The molecule has 0 heterocycles. The van der Waals surface area contributed by atoms with Crippen LogP contribution < -0.4 is 5.32 Å². The summed E-state index contributed by atoms with van der Waals surface area (Å²) in [7, 11) is 0. The van der Waals surface area contributed by atoms with Gasteiger partial charge in [0.2, 0.25) is 0 Å². The second-order valence-corrected chi connectivity index (χ2v) is 8.74. The molecule has 158 valence electrons. The Bertz CT molecular complexity index is 1110. The zero-order valence-electron chi connectivity index (χ0n) is 18.2. The van der Waals surface area contributed by atoms with Crippen molar-refractivity contribution >= 4 is 40.4 Å². The number of hydrogen-bond acceptors (Lipinski definition) is 1. The predicted molar refractivity (Wildman–Crippen MR) is 135 cm³/mol. The number of anilines is 1. The lowest BCUT2D eigenvalue weighted by molar-refractivity contribution is 0.835. The Morgan fingerprint density at radius 1 is 0.806 bits per heavy atom. The molecule has 3 aromatic rings. The molecule has 0 fully saturated rings. The Hall–Kier alpha value is -2.73. The maximum atomic E-state index is 6.22. The number of halogens is 2. The van der Waals surface area contributed by atoms with Crippen LogP contribution in [-0.2, 0) is 0 Å². The molecule has 3 aromatic carbocycles. The maximum Gasteiger partial charge on any atom is 0.183 e. The van der Waals surface area contributed by atoms with Crippen molar-refractivity contribution < 1.29 is 0 Å². The van der Waals surface area contributed by atoms with Gasteiger partial charge >= 0.3 is 0 Å². The van der Waals surface area contributed by atoms with E-state index in [1.165, 1.54) is 11.1 Å². The number of benzene rings is 3. The fourth-order valence-corrected chi connectivity index (χ4v) is 3.50. The quantitative estimate of drug-likeness (QED) is 0.241. The first-order chi connectivity index (χ1) is 14.8. The van der Waals surface area contributed by atoms with Gasteiger partial charge in [0.1, 0.15) is 0 Å². The third-order valence-electron chi connectivity index (χ3n) is 4.85. The zero-order chi connectivity index (χ0) is 22.4. The van der Waals surface area contributed by atoms with Crippen LogP contribution in [0.1, 0.15) is 56.2 Å². The third kappa shape index (κ3) is 6.14. The van der Waals surface area contributed by atoms with Crippen LogP contribution in [0.5, 0.6) is 0 Å². The van der Waals surface area contributed by atoms with E-state index >= 15 is 0 Å². The Morgan fingerprint density at radius 3 is 2.03 bits per heavy atom. The van der Waals surface area contributed by atoms with E-state index in [9.17, 15) is 0 Å². The van der Waals surface area contributed by atoms with Gasteiger partial charge in [-0.1, -0.05) is 93.2 Å². The van der Waals surface area contributed by atoms with Gasteiger partial charge in [-0.15, -0.1) is 0 Å². The van der Waals surface area contributed by atoms with Gasteiger partial charge in [-0.05, 0) is 59.2 Å². The Morgan fingerprint density at radius 2 is 1.45 bits per heavy atom. The Kier molecular flexibility index (Phi) is 7.80. The highest BCUT2D eigenvalue weighted by atomic mass is 35.5. The minimum Gasteiger partial charge on any atom is -0.333 e. The first-order valence-electron chi connectivity index (χ1n) is 10.4. The second-order valence-electron chi connectivity index (χ2n) is 7.92. The van der Waals surface area contributed by atoms with Crippen molar-refractivity contribution in [3.8, 4) is 11.8 Å². The van der Waals surface area contributed by atoms with E-state index in [0.29, 0.717) is 27.7 Å². The van der Waals surface area contributed by atoms with Crippen molar-refractivity contribution in [1.82, 2.24) is 0 Å². The summed E-state index contributed by atoms with van der Waals surface area (Å²) in [5.41, 5.74) is 5.07. The standard InChI is InChI=1S/C27H26Cl2N2/c1-18(2)22-11-8-12-23(19(3)4)27(22)31-26(16-13-20-9-6-5-7-10-20)30-21-14-15-24(28)25(29)17-21/h5-12,14-15,17-19H,1-4H3,(H,30,31). The van der Waals surface area contributed by atoms with Crippen LogP contribution in [0.15, 0.2) is 71.7 Å². The number of amidine groups is 1. The molecule has 0 saturated carbocycles. The van der Waals surface area contributed by atoms with Gasteiger partial charge in [-0.3, -0.25) is 0 Å². The molecule has 31 heavy (non-hydrogen) atoms. The lowest BCUT2D eigenvalue weighted by Gasteiger charge is -2.17. The van der Waals surface area contributed by atoms with Crippen LogP contribution in [-0.4, -0.2) is 5.84 Å². The molecule has 0 atom stereocenters. The molecule has 3 rings (SSSR count). The van der Waals surface area contributed by atoms with Gasteiger partial charge in [0, 0.05) is 11.3 Å². The minimum atomic E-state index is 0.339. The largest absolute Gasteiger partial charge is 0.333 e. The molecule has 0 aliphatic rings. The smallest absolute Gasteiger partial charge is 0.183 e. The van der Waals surface area contributed by atoms with Gasteiger partial charge < -0.3 is 5.32 Å². The first kappa shape index (κ1) is 22.9. The van der Waals surface area contributed by atoms with E-state index in [-0.39, 0.29) is 0 Å². The topological polar surface area (TPSA) is 24.4 Å². The highest BCUT2D eigenvalue weighted by molar-refractivity contribution is 6.42. The summed E-state index contributed by atoms with van der Waals surface area (Å²) in [6.45, 7) is 8.72. The second kappa shape index (κ2) is 10.5. The van der Waals surface area contributed by atoms with E-state index < -0.39 is 0 Å². The molecule has 0 aliphatic carbocycles. The summed E-state index contributed by atoms with van der Waals surface area (Å²) in [4.78, 5) is 5.02. The van der Waals surface area contributed by atoms with Gasteiger partial charge in [0.05, 0.1) is 15.7 Å². The third-order valence-corrected chi connectivity index (χ3v) is 5.59. The fraction of sp³-hybridized carbons (Fsp3) is 0.222. The van der Waals surface area contributed by atoms with E-state index in [2.05, 4.69) is 63.1 Å². The molecular formula is C27H26Cl2N2. The minimum absolute atomic E-state index is 0.339. The van der Waals surface area contributed by atoms with E-state index in [0.717, 1.165) is 16.9 Å². The van der Waals surface area contributed by atoms with Crippen LogP contribution in [0, 0.1) is 11.8 Å². The normalized spacial score (nSPS) is 11.4. The lowest BCUT2D eigenvalue weighted by atomic mass is 9.93. The summed E-state index contributed by atoms with van der Waals surface area (Å²) in [6, 6.07) is 21.6. The lowest BCUT2D eigenvalue weighted by Crippen LogP contribution is -2.10. The van der Waals surface area contributed by atoms with Crippen molar-refractivity contribution in [3.05, 3.63) is 93.5 Å². The predicted octanol–water partition coefficient (Wildman–Crippen LogP) is 8.43. The van der Waals surface area contributed by atoms with Gasteiger partial charge in [-0.25, -0.2) is 4.99 Å². The molecule has 4 heteroatoms. The van der Waals surface area contributed by atoms with Crippen molar-refractivity contribution in [1.29, 1.82) is 0 Å². The van der Waals surface area contributed by atoms with Crippen molar-refractivity contribution in [2.24, 2.45) is 4.99 Å². The average molecular weight is 449 g/mol. The van der Waals surface area contributed by atoms with Crippen LogP contribution in [0.3, 0.4) is 0 Å². The van der Waals surface area contributed by atoms with E-state index in [1.54, 1.807) is 12.1 Å². The Labute approximate surface area is 195 Å². The van der Waals surface area contributed by atoms with Gasteiger partial charge in [0.25, 0.3) is 0 Å². The molecule has 0 aliphatic heterocycles. The molecule has 0 saturated heterocycles. The number of para-hydroxylation sites is 1. The molecule has 1 N–H and O–H groups in total. The van der Waals surface area contributed by atoms with Crippen LogP contribution in [0.4, 0.5) is 11.4 Å². The summed E-state index contributed by atoms with van der Waals surface area (Å²) in [5, 5.41) is 4.32. The molecule has 2 nitrogen and oxygen atoms in total. The van der Waals surface area contributed by atoms with Crippen molar-refractivity contribution in [2.75, 3.05) is 5.32 Å². The SMILES string of the molecule is CC(C)c1cccc(C(C)C)c1N=C(C#Cc1ccccc1)Nc1ccc(Cl)c(Cl)c1. The fourth-order valence-electron chi connectivity index (χ4n) is 3.20. The van der Waals surface area contributed by atoms with E-state index in [1.807, 2.05) is 36.4 Å². The number of aliphatic imine (C=N–C) groups is 1. The molecule has 0 aromatic heterocycles. The maximum absolute atomic E-state index is 6.22. The summed E-state index contributed by atoms with van der Waals surface area (Å²) >= 11 is 12.3. The molecular weight excluding hydrogens is 423 g/mol. The molecule has 0 radical (unpaired) electrons. The van der Waals surface area contributed by atoms with Crippen LogP contribution in [0.25, 0.3) is 0 Å². The number of nitrogens with one attached hydrogen (secondary N) is 1. The van der Waals surface area contributed by atoms with Crippen LogP contribution >= 0.6 is 23.2 Å². The monoisotopic (exact) mass is 448 g/mol. The number of nitrogens with zero attached hydrogens (tertiary/aromatic N) is 1. The van der Waals surface area contributed by atoms with Crippen molar-refractivity contribution in [3.63, 3.8) is 0 Å². The highest BCUT2D eigenvalue weighted by Crippen LogP contribution is 2.35. The summed E-state index contributed by atoms with van der Waals surface area (Å²) in [5.74, 6) is 7.65. The number of rotatable bonds is 4. The van der Waals surface area contributed by atoms with Crippen molar-refractivity contribution in [2.45, 2.75) is 39.5 Å². The Balaban J connectivity index is 2.13. The molecule has 0 unspecified atom stereocenters. The molecule has 0 amide bonds. The highest BCUT2D eigenvalue weighted by Gasteiger charge is 2.14. The average Bonchev–Trinajstić information content (AvgIpc) is 2.75. The van der Waals surface area contributed by atoms with Gasteiger partial charge in [-0.2, -0.15) is 0 Å². The summed E-state index contributed by atoms with van der Waals surface area (Å²) < 4.78 is 0. The molecule has 0 bridgehead atoms. The van der Waals surface area contributed by atoms with Gasteiger partial charge in [0.15, 0.2) is 5.84 Å². The molecule has 0 spiro atoms. The zero-order valence-corrected chi connectivity index (χ0v) is 19.7. The van der Waals surface area contributed by atoms with Crippen LogP contribution in [0.2, 0.25) is 10.0 Å². The number of hydrogen-bond donors (Lipinski definition) is 1.